The Hall–Kier alpha value is -2.60. The summed E-state index contributed by atoms with van der Waals surface area (Å²) in [5, 5.41) is 12.2. The summed E-state index contributed by atoms with van der Waals surface area (Å²) in [7, 11) is 1.65. The van der Waals surface area contributed by atoms with E-state index in [-0.39, 0.29) is 0 Å². The number of nitrogens with two attached hydrogens (primary N) is 1. The Kier molecular flexibility index (Phi) is 3.93. The van der Waals surface area contributed by atoms with Crippen LogP contribution in [0.1, 0.15) is 5.56 Å². The lowest BCUT2D eigenvalue weighted by Gasteiger charge is -2.04. The molecule has 3 rings (SSSR count). The lowest BCUT2D eigenvalue weighted by atomic mass is 10.1. The van der Waals surface area contributed by atoms with Crippen LogP contribution in [0.3, 0.4) is 0 Å². The third kappa shape index (κ3) is 3.01. The number of rotatable bonds is 4. The van der Waals surface area contributed by atoms with Crippen LogP contribution in [0.25, 0.3) is 11.1 Å². The third-order valence-corrected chi connectivity index (χ3v) is 3.43. The molecule has 0 amide bonds. The van der Waals surface area contributed by atoms with Gasteiger partial charge in [-0.05, 0) is 23.8 Å². The van der Waals surface area contributed by atoms with Crippen molar-refractivity contribution < 1.29 is 4.74 Å². The average molecular weight is 316 g/mol. The van der Waals surface area contributed by atoms with E-state index in [1.165, 1.54) is 0 Å². The molecule has 0 saturated heterocycles. The monoisotopic (exact) mass is 315 g/mol. The van der Waals surface area contributed by atoms with Crippen molar-refractivity contribution in [3.63, 3.8) is 0 Å². The fourth-order valence-electron chi connectivity index (χ4n) is 2.12. The van der Waals surface area contributed by atoms with Gasteiger partial charge in [0.15, 0.2) is 11.0 Å². The summed E-state index contributed by atoms with van der Waals surface area (Å²) in [6, 6.07) is 9.52. The van der Waals surface area contributed by atoms with Gasteiger partial charge in [-0.3, -0.25) is 4.68 Å². The van der Waals surface area contributed by atoms with E-state index in [1.54, 1.807) is 19.4 Å². The molecule has 2 heterocycles. The molecule has 0 saturated carbocycles. The molecule has 22 heavy (non-hydrogen) atoms. The van der Waals surface area contributed by atoms with Crippen LogP contribution in [-0.4, -0.2) is 27.1 Å². The highest BCUT2D eigenvalue weighted by atomic mass is 35.5. The van der Waals surface area contributed by atoms with Crippen molar-refractivity contribution in [2.24, 2.45) is 0 Å². The molecule has 0 unspecified atom stereocenters. The van der Waals surface area contributed by atoms with Gasteiger partial charge in [0.25, 0.3) is 0 Å². The first-order valence-electron chi connectivity index (χ1n) is 6.60. The second-order valence-electron chi connectivity index (χ2n) is 4.74. The third-order valence-electron chi connectivity index (χ3n) is 3.24. The first-order valence-corrected chi connectivity index (χ1v) is 6.98. The van der Waals surface area contributed by atoms with Crippen LogP contribution in [0.2, 0.25) is 5.15 Å². The van der Waals surface area contributed by atoms with Gasteiger partial charge in [0, 0.05) is 17.3 Å². The molecule has 0 spiro atoms. The smallest absolute Gasteiger partial charge is 0.154 e. The largest absolute Gasteiger partial charge is 0.497 e. The number of nitrogens with zero attached hydrogens (tertiary/aromatic N) is 4. The van der Waals surface area contributed by atoms with Crippen LogP contribution in [0.4, 0.5) is 5.82 Å². The summed E-state index contributed by atoms with van der Waals surface area (Å²) in [5.74, 6) is 1.16. The fraction of sp³-hybridized carbons (Fsp3) is 0.133. The molecule has 0 fully saturated rings. The molecule has 0 aliphatic rings. The zero-order valence-corrected chi connectivity index (χ0v) is 12.7. The van der Waals surface area contributed by atoms with Gasteiger partial charge in [-0.2, -0.15) is 5.10 Å². The number of halogens is 1. The van der Waals surface area contributed by atoms with E-state index >= 15 is 0 Å². The lowest BCUT2D eigenvalue weighted by Crippen LogP contribution is -2.00. The molecule has 0 radical (unpaired) electrons. The Labute approximate surface area is 132 Å². The second kappa shape index (κ2) is 6.03. The van der Waals surface area contributed by atoms with Crippen molar-refractivity contribution in [2.75, 3.05) is 12.8 Å². The summed E-state index contributed by atoms with van der Waals surface area (Å²) in [6.45, 7) is 0.649. The molecule has 7 heteroatoms. The summed E-state index contributed by atoms with van der Waals surface area (Å²) < 4.78 is 6.97. The van der Waals surface area contributed by atoms with E-state index in [9.17, 15) is 0 Å². The van der Waals surface area contributed by atoms with Gasteiger partial charge in [-0.15, -0.1) is 10.2 Å². The van der Waals surface area contributed by atoms with Crippen molar-refractivity contribution in [3.8, 4) is 16.9 Å². The number of nitrogen functional groups attached to an aromatic ring is 1. The Morgan fingerprint density at radius 1 is 1.23 bits per heavy atom. The van der Waals surface area contributed by atoms with Crippen LogP contribution < -0.4 is 10.5 Å². The zero-order valence-electron chi connectivity index (χ0n) is 11.9. The van der Waals surface area contributed by atoms with Gasteiger partial charge in [0.1, 0.15) is 5.75 Å². The summed E-state index contributed by atoms with van der Waals surface area (Å²) >= 11 is 5.86. The zero-order chi connectivity index (χ0) is 15.5. The van der Waals surface area contributed by atoms with Crippen LogP contribution in [0, 0.1) is 0 Å². The Balaban J connectivity index is 1.82. The van der Waals surface area contributed by atoms with Gasteiger partial charge < -0.3 is 10.5 Å². The number of hydrogen-bond donors (Lipinski definition) is 1. The van der Waals surface area contributed by atoms with Crippen molar-refractivity contribution in [1.29, 1.82) is 0 Å². The maximum atomic E-state index is 5.86. The normalized spacial score (nSPS) is 10.6. The highest BCUT2D eigenvalue weighted by Gasteiger charge is 2.09. The highest BCUT2D eigenvalue weighted by Crippen LogP contribution is 2.25. The number of hydrogen-bond acceptors (Lipinski definition) is 5. The van der Waals surface area contributed by atoms with Crippen LogP contribution in [0.15, 0.2) is 42.7 Å². The van der Waals surface area contributed by atoms with Gasteiger partial charge >= 0.3 is 0 Å². The van der Waals surface area contributed by atoms with Gasteiger partial charge in [0.2, 0.25) is 0 Å². The molecule has 112 valence electrons. The van der Waals surface area contributed by atoms with E-state index in [1.807, 2.05) is 35.1 Å². The predicted octanol–water partition coefficient (Wildman–Crippen LogP) is 2.63. The number of benzene rings is 1. The Morgan fingerprint density at radius 2 is 2.00 bits per heavy atom. The molecule has 0 aliphatic carbocycles. The van der Waals surface area contributed by atoms with E-state index in [4.69, 9.17) is 22.1 Å². The highest BCUT2D eigenvalue weighted by molar-refractivity contribution is 6.29. The minimum atomic E-state index is 0.298. The topological polar surface area (TPSA) is 78.8 Å². The Morgan fingerprint density at radius 3 is 2.73 bits per heavy atom. The predicted molar refractivity (Wildman–Crippen MR) is 84.8 cm³/mol. The average Bonchev–Trinajstić information content (AvgIpc) is 2.99. The first kappa shape index (κ1) is 14.3. The van der Waals surface area contributed by atoms with Crippen molar-refractivity contribution in [2.45, 2.75) is 6.54 Å². The number of methoxy groups -OCH3 is 1. The van der Waals surface area contributed by atoms with Crippen LogP contribution >= 0.6 is 11.6 Å². The molecular formula is C15H14ClN5O. The standard InChI is InChI=1S/C15H14ClN5O/c1-22-12-4-2-10(3-5-12)8-21-9-11(7-18-21)13-6-14(16)19-20-15(13)17/h2-7,9H,8H2,1H3,(H2,17,20). The van der Waals surface area contributed by atoms with Crippen molar-refractivity contribution >= 4 is 17.4 Å². The van der Waals surface area contributed by atoms with E-state index in [0.29, 0.717) is 17.5 Å². The molecule has 0 atom stereocenters. The van der Waals surface area contributed by atoms with Crippen LogP contribution in [0.5, 0.6) is 5.75 Å². The molecular weight excluding hydrogens is 302 g/mol. The minimum absolute atomic E-state index is 0.298. The molecule has 2 aromatic heterocycles. The van der Waals surface area contributed by atoms with E-state index in [0.717, 1.165) is 22.4 Å². The van der Waals surface area contributed by atoms with Gasteiger partial charge in [-0.1, -0.05) is 23.7 Å². The summed E-state index contributed by atoms with van der Waals surface area (Å²) in [4.78, 5) is 0. The molecule has 1 aromatic carbocycles. The molecule has 0 aliphatic heterocycles. The number of anilines is 1. The van der Waals surface area contributed by atoms with E-state index in [2.05, 4.69) is 15.3 Å². The van der Waals surface area contributed by atoms with Crippen molar-refractivity contribution in [3.05, 3.63) is 53.4 Å². The molecule has 6 nitrogen and oxygen atoms in total. The number of aromatic nitrogens is 4. The van der Waals surface area contributed by atoms with Crippen molar-refractivity contribution in [1.82, 2.24) is 20.0 Å². The molecule has 2 N–H and O–H groups in total. The quantitative estimate of drug-likeness (QED) is 0.800. The molecule has 0 bridgehead atoms. The van der Waals surface area contributed by atoms with Gasteiger partial charge in [0.05, 0.1) is 19.9 Å². The second-order valence-corrected chi connectivity index (χ2v) is 5.13. The van der Waals surface area contributed by atoms with E-state index < -0.39 is 0 Å². The van der Waals surface area contributed by atoms with Crippen LogP contribution in [-0.2, 0) is 6.54 Å². The fourth-order valence-corrected chi connectivity index (χ4v) is 2.26. The SMILES string of the molecule is COc1ccc(Cn2cc(-c3cc(Cl)nnc3N)cn2)cc1. The lowest BCUT2D eigenvalue weighted by molar-refractivity contribution is 0.414. The maximum Gasteiger partial charge on any atom is 0.154 e. The summed E-state index contributed by atoms with van der Waals surface area (Å²) in [5.41, 5.74) is 8.52. The number of ether oxygens (including phenoxy) is 1. The Bertz CT molecular complexity index is 785. The summed E-state index contributed by atoms with van der Waals surface area (Å²) in [6.07, 6.45) is 3.63. The maximum absolute atomic E-state index is 5.86. The minimum Gasteiger partial charge on any atom is -0.497 e. The van der Waals surface area contributed by atoms with Gasteiger partial charge in [-0.25, -0.2) is 0 Å². The first-order chi connectivity index (χ1) is 10.7. The molecule has 3 aromatic rings.